The van der Waals surface area contributed by atoms with Crippen molar-refractivity contribution < 1.29 is 13.2 Å². The third kappa shape index (κ3) is 4.70. The topological polar surface area (TPSA) is 101 Å². The lowest BCUT2D eigenvalue weighted by Crippen LogP contribution is -2.17. The molecule has 0 heterocycles. The van der Waals surface area contributed by atoms with Gasteiger partial charge in [-0.15, -0.1) is 0 Å². The van der Waals surface area contributed by atoms with Gasteiger partial charge < -0.3 is 11.1 Å². The number of hydrogen-bond acceptors (Lipinski definition) is 4. The summed E-state index contributed by atoms with van der Waals surface area (Å²) in [5.74, 6) is -0.502. The molecule has 3 aromatic rings. The highest BCUT2D eigenvalue weighted by Crippen LogP contribution is 2.31. The summed E-state index contributed by atoms with van der Waals surface area (Å²) in [7, 11) is -3.89. The first-order valence-corrected chi connectivity index (χ1v) is 11.1. The van der Waals surface area contributed by atoms with Crippen LogP contribution in [0, 0.1) is 13.8 Å². The predicted octanol–water partition coefficient (Wildman–Crippen LogP) is 5.25. The summed E-state index contributed by atoms with van der Waals surface area (Å²) in [5.41, 5.74) is 8.32. The van der Waals surface area contributed by atoms with Gasteiger partial charge in [0.2, 0.25) is 0 Å². The number of hydrogen-bond donors (Lipinski definition) is 3. The van der Waals surface area contributed by atoms with Crippen LogP contribution in [-0.4, -0.2) is 14.3 Å². The highest BCUT2D eigenvalue weighted by Gasteiger charge is 2.19. The molecule has 0 unspecified atom stereocenters. The summed E-state index contributed by atoms with van der Waals surface area (Å²) in [5, 5.41) is 3.07. The molecule has 0 aliphatic carbocycles. The van der Waals surface area contributed by atoms with Gasteiger partial charge in [0.15, 0.2) is 0 Å². The summed E-state index contributed by atoms with van der Waals surface area (Å²) < 4.78 is 28.2. The molecule has 1 amide bonds. The molecular formula is C21H19Cl2N3O3S. The molecule has 0 aromatic heterocycles. The fraction of sp³-hybridized carbons (Fsp3) is 0.0952. The van der Waals surface area contributed by atoms with E-state index in [0.717, 1.165) is 5.56 Å². The first-order chi connectivity index (χ1) is 14.1. The van der Waals surface area contributed by atoms with Crippen molar-refractivity contribution in [2.24, 2.45) is 0 Å². The molecule has 0 aliphatic rings. The lowest BCUT2D eigenvalue weighted by atomic mass is 10.1. The number of sulfonamides is 1. The van der Waals surface area contributed by atoms with Gasteiger partial charge in [0.05, 0.1) is 26.3 Å². The van der Waals surface area contributed by atoms with Crippen LogP contribution in [0.15, 0.2) is 59.5 Å². The molecule has 3 aromatic carbocycles. The number of benzene rings is 3. The minimum Gasteiger partial charge on any atom is -0.396 e. The van der Waals surface area contributed by atoms with Crippen LogP contribution in [0.5, 0.6) is 0 Å². The lowest BCUT2D eigenvalue weighted by molar-refractivity contribution is 0.102. The Morgan fingerprint density at radius 1 is 0.933 bits per heavy atom. The average molecular weight is 464 g/mol. The number of anilines is 3. The van der Waals surface area contributed by atoms with E-state index in [4.69, 9.17) is 28.9 Å². The summed E-state index contributed by atoms with van der Waals surface area (Å²) in [6.45, 7) is 3.51. The van der Waals surface area contributed by atoms with E-state index in [2.05, 4.69) is 10.0 Å². The van der Waals surface area contributed by atoms with Crippen LogP contribution < -0.4 is 15.8 Å². The van der Waals surface area contributed by atoms with Crippen LogP contribution in [0.1, 0.15) is 21.5 Å². The van der Waals surface area contributed by atoms with Crippen LogP contribution in [-0.2, 0) is 10.0 Å². The van der Waals surface area contributed by atoms with Gasteiger partial charge in [-0.3, -0.25) is 9.52 Å². The van der Waals surface area contributed by atoms with Gasteiger partial charge >= 0.3 is 0 Å². The number of carbonyl (C=O) groups is 1. The Balaban J connectivity index is 1.91. The molecular weight excluding hydrogens is 445 g/mol. The van der Waals surface area contributed by atoms with Crippen LogP contribution >= 0.6 is 23.2 Å². The normalized spacial score (nSPS) is 11.2. The highest BCUT2D eigenvalue weighted by molar-refractivity contribution is 7.92. The third-order valence-corrected chi connectivity index (χ3v) is 6.48. The van der Waals surface area contributed by atoms with Gasteiger partial charge in [-0.05, 0) is 55.3 Å². The van der Waals surface area contributed by atoms with Crippen LogP contribution in [0.4, 0.5) is 17.1 Å². The van der Waals surface area contributed by atoms with Crippen molar-refractivity contribution in [1.82, 2.24) is 0 Å². The number of carbonyl (C=O) groups excluding carboxylic acids is 1. The minimum absolute atomic E-state index is 0.0325. The van der Waals surface area contributed by atoms with Gasteiger partial charge in [-0.2, -0.15) is 0 Å². The first-order valence-electron chi connectivity index (χ1n) is 8.83. The quantitative estimate of drug-likeness (QED) is 0.449. The van der Waals surface area contributed by atoms with Crippen molar-refractivity contribution in [3.8, 4) is 0 Å². The van der Waals surface area contributed by atoms with Gasteiger partial charge in [0, 0.05) is 11.3 Å². The Morgan fingerprint density at radius 2 is 1.57 bits per heavy atom. The van der Waals surface area contributed by atoms with Gasteiger partial charge in [-0.1, -0.05) is 47.5 Å². The first kappa shape index (κ1) is 22.0. The largest absolute Gasteiger partial charge is 0.396 e. The van der Waals surface area contributed by atoms with E-state index in [1.54, 1.807) is 38.1 Å². The van der Waals surface area contributed by atoms with E-state index in [0.29, 0.717) is 16.9 Å². The molecule has 9 heteroatoms. The molecule has 0 aliphatic heterocycles. The molecule has 0 atom stereocenters. The monoisotopic (exact) mass is 463 g/mol. The fourth-order valence-corrected chi connectivity index (χ4v) is 4.40. The third-order valence-electron chi connectivity index (χ3n) is 4.49. The van der Waals surface area contributed by atoms with E-state index in [9.17, 15) is 13.2 Å². The number of nitrogens with one attached hydrogen (secondary N) is 2. The molecule has 0 saturated carbocycles. The van der Waals surface area contributed by atoms with Crippen molar-refractivity contribution >= 4 is 56.2 Å². The second-order valence-electron chi connectivity index (χ2n) is 6.70. The van der Waals surface area contributed by atoms with E-state index >= 15 is 0 Å². The summed E-state index contributed by atoms with van der Waals surface area (Å²) in [4.78, 5) is 12.8. The van der Waals surface area contributed by atoms with Gasteiger partial charge in [0.1, 0.15) is 0 Å². The molecule has 6 nitrogen and oxygen atoms in total. The molecule has 0 radical (unpaired) electrons. The predicted molar refractivity (Wildman–Crippen MR) is 122 cm³/mol. The maximum atomic E-state index is 12.8. The average Bonchev–Trinajstić information content (AvgIpc) is 2.67. The minimum atomic E-state index is -3.89. The Morgan fingerprint density at radius 3 is 2.20 bits per heavy atom. The molecule has 0 fully saturated rings. The second kappa shape index (κ2) is 8.55. The molecule has 4 N–H and O–H groups in total. The lowest BCUT2D eigenvalue weighted by Gasteiger charge is -2.13. The summed E-state index contributed by atoms with van der Waals surface area (Å²) >= 11 is 12.0. The van der Waals surface area contributed by atoms with Crippen molar-refractivity contribution in [2.45, 2.75) is 18.7 Å². The number of aryl methyl sites for hydroxylation is 2. The highest BCUT2D eigenvalue weighted by atomic mass is 35.5. The number of nitrogen functional groups attached to an aromatic ring is 1. The van der Waals surface area contributed by atoms with Crippen molar-refractivity contribution in [3.05, 3.63) is 81.3 Å². The number of nitrogens with two attached hydrogens (primary N) is 1. The van der Waals surface area contributed by atoms with Crippen molar-refractivity contribution in [1.29, 1.82) is 0 Å². The molecule has 156 valence electrons. The standard InChI is InChI=1S/C21H19Cl2N3O3S/c1-12-7-8-15(30(28,29)26-19-6-4-3-5-13(19)2)11-16(12)21(27)25-14-9-17(22)20(24)18(23)10-14/h3-11,26H,24H2,1-2H3,(H,25,27). The Kier molecular flexibility index (Phi) is 6.26. The second-order valence-corrected chi connectivity index (χ2v) is 9.20. The van der Waals surface area contributed by atoms with Crippen molar-refractivity contribution in [3.63, 3.8) is 0 Å². The van der Waals surface area contributed by atoms with Gasteiger partial charge in [0.25, 0.3) is 15.9 Å². The summed E-state index contributed by atoms with van der Waals surface area (Å²) in [6.07, 6.45) is 0. The molecule has 0 spiro atoms. The van der Waals surface area contributed by atoms with Crippen LogP contribution in [0.2, 0.25) is 10.0 Å². The SMILES string of the molecule is Cc1ccccc1NS(=O)(=O)c1ccc(C)c(C(=O)Nc2cc(Cl)c(N)c(Cl)c2)c1. The Bertz CT molecular complexity index is 1220. The maximum Gasteiger partial charge on any atom is 0.261 e. The zero-order valence-corrected chi connectivity index (χ0v) is 18.5. The summed E-state index contributed by atoms with van der Waals surface area (Å²) in [6, 6.07) is 14.3. The van der Waals surface area contributed by atoms with Crippen LogP contribution in [0.25, 0.3) is 0 Å². The van der Waals surface area contributed by atoms with E-state index < -0.39 is 15.9 Å². The van der Waals surface area contributed by atoms with E-state index in [-0.39, 0.29) is 26.2 Å². The Hall–Kier alpha value is -2.74. The number of amides is 1. The van der Waals surface area contributed by atoms with E-state index in [1.165, 1.54) is 24.3 Å². The smallest absolute Gasteiger partial charge is 0.261 e. The maximum absolute atomic E-state index is 12.8. The zero-order chi connectivity index (χ0) is 22.1. The Labute approximate surface area is 185 Å². The van der Waals surface area contributed by atoms with Crippen LogP contribution in [0.3, 0.4) is 0 Å². The number of para-hydroxylation sites is 1. The molecule has 0 bridgehead atoms. The molecule has 3 rings (SSSR count). The molecule has 30 heavy (non-hydrogen) atoms. The zero-order valence-electron chi connectivity index (χ0n) is 16.2. The number of rotatable bonds is 5. The molecule has 0 saturated heterocycles. The van der Waals surface area contributed by atoms with Crippen molar-refractivity contribution in [2.75, 3.05) is 15.8 Å². The van der Waals surface area contributed by atoms with Gasteiger partial charge in [-0.25, -0.2) is 8.42 Å². The fourth-order valence-electron chi connectivity index (χ4n) is 2.76. The number of halogens is 2. The van der Waals surface area contributed by atoms with E-state index in [1.807, 2.05) is 6.07 Å².